The van der Waals surface area contributed by atoms with E-state index >= 15 is 0 Å². The minimum Gasteiger partial charge on any atom is -0.324 e. The highest BCUT2D eigenvalue weighted by Gasteiger charge is 2.07. The van der Waals surface area contributed by atoms with Crippen LogP contribution in [-0.2, 0) is 0 Å². The van der Waals surface area contributed by atoms with E-state index in [-0.39, 0.29) is 0 Å². The molecule has 16 heavy (non-hydrogen) atoms. The molecular weight excluding hydrogens is 245 g/mol. The van der Waals surface area contributed by atoms with Gasteiger partial charge in [0, 0.05) is 11.8 Å². The van der Waals surface area contributed by atoms with Gasteiger partial charge >= 0.3 is 0 Å². The maximum Gasteiger partial charge on any atom is 0.0738 e. The Morgan fingerprint density at radius 1 is 1.19 bits per heavy atom. The van der Waals surface area contributed by atoms with Gasteiger partial charge in [0.1, 0.15) is 0 Å². The largest absolute Gasteiger partial charge is 0.324 e. The van der Waals surface area contributed by atoms with E-state index in [4.69, 9.17) is 29.0 Å². The van der Waals surface area contributed by atoms with Gasteiger partial charge in [0.05, 0.1) is 21.4 Å². The van der Waals surface area contributed by atoms with Crippen LogP contribution in [0, 0.1) is 0 Å². The number of benzene rings is 1. The fraction of sp³-hybridized carbons (Fsp3) is 0. The molecule has 1 heterocycles. The monoisotopic (exact) mass is 253 g/mol. The number of nitrogen functional groups attached to an aromatic ring is 1. The number of hydrogen-bond acceptors (Lipinski definition) is 3. The van der Waals surface area contributed by atoms with Crippen molar-refractivity contribution in [2.45, 2.75) is 0 Å². The molecule has 0 fully saturated rings. The third-order valence-corrected chi connectivity index (χ3v) is 2.97. The minimum absolute atomic E-state index is 0.492. The normalized spacial score (nSPS) is 10.2. The fourth-order valence-corrected chi connectivity index (χ4v) is 1.77. The maximum atomic E-state index is 6.10. The molecule has 0 atom stereocenters. The molecule has 1 aromatic heterocycles. The van der Waals surface area contributed by atoms with Gasteiger partial charge in [-0.2, -0.15) is 0 Å². The van der Waals surface area contributed by atoms with Gasteiger partial charge in [-0.3, -0.25) is 10.8 Å². The molecule has 0 aliphatic rings. The number of aromatic nitrogens is 1. The van der Waals surface area contributed by atoms with Crippen LogP contribution in [0.15, 0.2) is 36.5 Å². The van der Waals surface area contributed by atoms with Crippen LogP contribution in [0.5, 0.6) is 0 Å². The third-order valence-electron chi connectivity index (χ3n) is 2.15. The lowest BCUT2D eigenvalue weighted by Crippen LogP contribution is -2.06. The number of hydrogen-bond donors (Lipinski definition) is 2. The first-order valence-electron chi connectivity index (χ1n) is 4.59. The Balaban J connectivity index is 2.54. The van der Waals surface area contributed by atoms with E-state index in [9.17, 15) is 0 Å². The van der Waals surface area contributed by atoms with Crippen molar-refractivity contribution in [2.24, 2.45) is 5.84 Å². The second kappa shape index (κ2) is 4.70. The maximum absolute atomic E-state index is 6.10. The molecular formula is C11H9Cl2N3. The van der Waals surface area contributed by atoms with E-state index in [1.54, 1.807) is 24.4 Å². The Labute approximate surface area is 103 Å². The number of halogens is 2. The van der Waals surface area contributed by atoms with Crippen LogP contribution >= 0.6 is 23.2 Å². The molecule has 3 nitrogen and oxygen atoms in total. The minimum atomic E-state index is 0.492. The average Bonchev–Trinajstić information content (AvgIpc) is 2.33. The summed E-state index contributed by atoms with van der Waals surface area (Å²) in [5.41, 5.74) is 4.83. The van der Waals surface area contributed by atoms with Crippen LogP contribution in [0.1, 0.15) is 0 Å². The highest BCUT2D eigenvalue weighted by atomic mass is 35.5. The van der Waals surface area contributed by atoms with Crippen molar-refractivity contribution in [2.75, 3.05) is 5.43 Å². The number of nitrogens with two attached hydrogens (primary N) is 1. The lowest BCUT2D eigenvalue weighted by Gasteiger charge is -2.06. The van der Waals surface area contributed by atoms with Crippen molar-refractivity contribution in [3.63, 3.8) is 0 Å². The molecule has 0 spiro atoms. The molecule has 0 amide bonds. The van der Waals surface area contributed by atoms with Gasteiger partial charge in [0.2, 0.25) is 0 Å². The molecule has 0 aliphatic heterocycles. The number of hydrazine groups is 1. The van der Waals surface area contributed by atoms with E-state index in [2.05, 4.69) is 10.4 Å². The number of pyridine rings is 1. The zero-order chi connectivity index (χ0) is 11.5. The molecule has 3 N–H and O–H groups in total. The zero-order valence-corrected chi connectivity index (χ0v) is 9.76. The number of nitrogens with zero attached hydrogens (tertiary/aromatic N) is 1. The number of nitrogens with one attached hydrogen (secondary N) is 1. The van der Waals surface area contributed by atoms with E-state index in [0.29, 0.717) is 10.0 Å². The Bertz CT molecular complexity index is 514. The zero-order valence-electron chi connectivity index (χ0n) is 8.24. The third kappa shape index (κ3) is 2.11. The van der Waals surface area contributed by atoms with Crippen molar-refractivity contribution in [1.29, 1.82) is 0 Å². The molecule has 2 rings (SSSR count). The summed E-state index contributed by atoms with van der Waals surface area (Å²) < 4.78 is 0. The van der Waals surface area contributed by atoms with Crippen molar-refractivity contribution < 1.29 is 0 Å². The first-order valence-corrected chi connectivity index (χ1v) is 5.35. The first-order chi connectivity index (χ1) is 7.72. The van der Waals surface area contributed by atoms with Gasteiger partial charge in [-0.25, -0.2) is 0 Å². The highest BCUT2D eigenvalue weighted by molar-refractivity contribution is 6.43. The average molecular weight is 254 g/mol. The van der Waals surface area contributed by atoms with Crippen LogP contribution in [0.25, 0.3) is 11.3 Å². The summed E-state index contributed by atoms with van der Waals surface area (Å²) in [4.78, 5) is 4.22. The van der Waals surface area contributed by atoms with Gasteiger partial charge in [0.25, 0.3) is 0 Å². The molecule has 82 valence electrons. The van der Waals surface area contributed by atoms with Crippen LogP contribution in [-0.4, -0.2) is 4.98 Å². The summed E-state index contributed by atoms with van der Waals surface area (Å²) in [7, 11) is 0. The summed E-state index contributed by atoms with van der Waals surface area (Å²) in [6.07, 6.45) is 1.65. The van der Waals surface area contributed by atoms with E-state index in [1.165, 1.54) is 0 Å². The second-order valence-electron chi connectivity index (χ2n) is 3.18. The molecule has 0 radical (unpaired) electrons. The second-order valence-corrected chi connectivity index (χ2v) is 3.96. The van der Waals surface area contributed by atoms with Gasteiger partial charge < -0.3 is 5.43 Å². The summed E-state index contributed by atoms with van der Waals surface area (Å²) in [5.74, 6) is 5.33. The molecule has 0 unspecified atom stereocenters. The highest BCUT2D eigenvalue weighted by Crippen LogP contribution is 2.32. The van der Waals surface area contributed by atoms with Crippen LogP contribution in [0.3, 0.4) is 0 Å². The predicted molar refractivity (Wildman–Crippen MR) is 67.5 cm³/mol. The van der Waals surface area contributed by atoms with Crippen molar-refractivity contribution in [1.82, 2.24) is 4.98 Å². The lowest BCUT2D eigenvalue weighted by molar-refractivity contribution is 1.28. The summed E-state index contributed by atoms with van der Waals surface area (Å²) in [5, 5.41) is 0.998. The molecule has 5 heteroatoms. The molecule has 0 saturated heterocycles. The SMILES string of the molecule is NNc1ccnc(-c2cccc(Cl)c2Cl)c1. The van der Waals surface area contributed by atoms with Crippen molar-refractivity contribution in [3.8, 4) is 11.3 Å². The predicted octanol–water partition coefficient (Wildman–Crippen LogP) is 3.34. The topological polar surface area (TPSA) is 50.9 Å². The molecule has 0 aliphatic carbocycles. The van der Waals surface area contributed by atoms with Crippen LogP contribution in [0.2, 0.25) is 10.0 Å². The van der Waals surface area contributed by atoms with Gasteiger partial charge in [-0.1, -0.05) is 35.3 Å². The van der Waals surface area contributed by atoms with Crippen LogP contribution < -0.4 is 11.3 Å². The van der Waals surface area contributed by atoms with Gasteiger partial charge in [-0.05, 0) is 18.2 Å². The fourth-order valence-electron chi connectivity index (χ4n) is 1.37. The molecule has 2 aromatic rings. The number of rotatable bonds is 2. The standard InChI is InChI=1S/C11H9Cl2N3/c12-9-3-1-2-8(11(9)13)10-6-7(16-14)4-5-15-10/h1-6H,14H2,(H,15,16). The number of anilines is 1. The quantitative estimate of drug-likeness (QED) is 0.638. The lowest BCUT2D eigenvalue weighted by atomic mass is 10.1. The van der Waals surface area contributed by atoms with Gasteiger partial charge in [-0.15, -0.1) is 0 Å². The van der Waals surface area contributed by atoms with Crippen LogP contribution in [0.4, 0.5) is 5.69 Å². The smallest absolute Gasteiger partial charge is 0.0738 e. The summed E-state index contributed by atoms with van der Waals surface area (Å²) >= 11 is 12.0. The summed E-state index contributed by atoms with van der Waals surface area (Å²) in [6.45, 7) is 0. The van der Waals surface area contributed by atoms with E-state index < -0.39 is 0 Å². The van der Waals surface area contributed by atoms with E-state index in [0.717, 1.165) is 16.9 Å². The summed E-state index contributed by atoms with van der Waals surface area (Å²) in [6, 6.07) is 8.99. The Morgan fingerprint density at radius 2 is 2.00 bits per heavy atom. The molecule has 1 aromatic carbocycles. The van der Waals surface area contributed by atoms with Crippen molar-refractivity contribution in [3.05, 3.63) is 46.6 Å². The van der Waals surface area contributed by atoms with Crippen molar-refractivity contribution >= 4 is 28.9 Å². The Hall–Kier alpha value is -1.29. The van der Waals surface area contributed by atoms with E-state index in [1.807, 2.05) is 12.1 Å². The first kappa shape index (κ1) is 11.2. The Kier molecular flexibility index (Phi) is 3.29. The Morgan fingerprint density at radius 3 is 2.75 bits per heavy atom. The van der Waals surface area contributed by atoms with Gasteiger partial charge in [0.15, 0.2) is 0 Å². The molecule has 0 saturated carbocycles. The molecule has 0 bridgehead atoms.